The van der Waals surface area contributed by atoms with Gasteiger partial charge in [0.05, 0.1) is 112 Å². The molecule has 9 aromatic heterocycles. The lowest BCUT2D eigenvalue weighted by Gasteiger charge is -2.46. The number of aromatic nitrogens is 12. The second-order valence-corrected chi connectivity index (χ2v) is 23.6. The smallest absolute Gasteiger partial charge is 0.257 e. The summed E-state index contributed by atoms with van der Waals surface area (Å²) < 4.78 is 91.2. The lowest BCUT2D eigenvalue weighted by molar-refractivity contribution is -0.0302. The summed E-state index contributed by atoms with van der Waals surface area (Å²) in [5.74, 6) is -1.46. The fourth-order valence-electron chi connectivity index (χ4n) is 13.2. The molecule has 3 saturated heterocycles. The Kier molecular flexibility index (Phi) is 13.6. The van der Waals surface area contributed by atoms with Crippen molar-refractivity contribution in [3.63, 3.8) is 0 Å². The third-order valence-corrected chi connectivity index (χ3v) is 18.0. The van der Waals surface area contributed by atoms with Crippen LogP contribution in [0.25, 0.3) is 16.9 Å². The van der Waals surface area contributed by atoms with Crippen molar-refractivity contribution in [3.05, 3.63) is 143 Å². The number of morpholine rings is 2. The predicted octanol–water partition coefficient (Wildman–Crippen LogP) is 4.48. The van der Waals surface area contributed by atoms with E-state index in [1.165, 1.54) is 50.3 Å². The maximum atomic E-state index is 16.1. The fourth-order valence-corrected chi connectivity index (χ4v) is 13.2. The maximum Gasteiger partial charge on any atom is 0.257 e. The highest BCUT2D eigenvalue weighted by Crippen LogP contribution is 2.44. The van der Waals surface area contributed by atoms with E-state index in [0.717, 1.165) is 18.6 Å². The number of hydrogen-bond acceptors (Lipinski definition) is 21. The van der Waals surface area contributed by atoms with Crippen LogP contribution in [0.1, 0.15) is 105 Å². The summed E-state index contributed by atoms with van der Waals surface area (Å²) in [5, 5.41) is 22.5. The zero-order valence-corrected chi connectivity index (χ0v) is 48.2. The molecule has 8 atom stereocenters. The number of pyridine rings is 3. The van der Waals surface area contributed by atoms with E-state index in [9.17, 15) is 14.4 Å². The highest BCUT2D eigenvalue weighted by atomic mass is 19.1. The number of hydrogen-bond donors (Lipinski definition) is 3. The van der Waals surface area contributed by atoms with Gasteiger partial charge < -0.3 is 59.1 Å². The Bertz CT molecular complexity index is 4340. The minimum atomic E-state index is -0.910. The number of halogens is 3. The van der Waals surface area contributed by atoms with E-state index >= 15 is 13.2 Å². The number of amides is 3. The molecule has 3 amide bonds. The Labute approximate surface area is 508 Å². The van der Waals surface area contributed by atoms with E-state index in [1.807, 2.05) is 21.6 Å². The van der Waals surface area contributed by atoms with E-state index in [2.05, 4.69) is 46.2 Å². The van der Waals surface area contributed by atoms with Crippen LogP contribution in [0, 0.1) is 17.5 Å². The van der Waals surface area contributed by atoms with Gasteiger partial charge in [0.15, 0.2) is 16.9 Å². The van der Waals surface area contributed by atoms with Crippen LogP contribution in [0.2, 0.25) is 0 Å². The standard InChI is InChI=1S/C60H57F3N18O9/c1-31-47(18-36-23-65-54(82)41-24-69-78-8-2-48(72-51(41)78)76-11-13-85-28-45(76)39-15-33(62)20-67-58(39)90-36)87-29-46-40-16-34(63)21-68-59(40)89-35(22-64-55(83)42-25-70-80-10-4-50(81(31)46)74-52(42)80)17-37-27-77-44(5-12-86-37)38-14-32(61)19-66-57(38)88-30-60(6-7-60)75-56(84)43-26-71-79-9-3-49(77)73-53(43)79/h2-4,8-10,14-16,19-21,24-26,31,35-37,44-47H,5-7,11-13,17-18,22-23,27-30H2,1H3,(H,64,83)(H,65,82)(H,75,84). The van der Waals surface area contributed by atoms with Crippen LogP contribution in [0.3, 0.4) is 0 Å². The minimum absolute atomic E-state index is 0.0442. The van der Waals surface area contributed by atoms with Gasteiger partial charge >= 0.3 is 0 Å². The van der Waals surface area contributed by atoms with Crippen molar-refractivity contribution < 1.29 is 56.0 Å². The molecule has 1 saturated carbocycles. The first-order valence-corrected chi connectivity index (χ1v) is 29.8. The predicted molar refractivity (Wildman–Crippen MR) is 309 cm³/mol. The highest BCUT2D eigenvalue weighted by molar-refractivity contribution is 6.01. The number of fused-ring (bicyclic) bond motifs is 15. The third kappa shape index (κ3) is 10.1. The monoisotopic (exact) mass is 1230 g/mol. The number of anilines is 3. The molecule has 27 nitrogen and oxygen atoms in total. The average Bonchev–Trinajstić information content (AvgIpc) is 1.50. The van der Waals surface area contributed by atoms with Crippen molar-refractivity contribution in [2.45, 2.75) is 93.1 Å². The van der Waals surface area contributed by atoms with Gasteiger partial charge in [0.25, 0.3) is 17.7 Å². The molecule has 30 heteroatoms. The summed E-state index contributed by atoms with van der Waals surface area (Å²) in [5.41, 5.74) is 2.02. The van der Waals surface area contributed by atoms with E-state index < -0.39 is 83.4 Å². The molecule has 3 N–H and O–H groups in total. The van der Waals surface area contributed by atoms with Crippen LogP contribution in [0.4, 0.5) is 30.6 Å². The molecule has 90 heavy (non-hydrogen) atoms. The van der Waals surface area contributed by atoms with E-state index in [-0.39, 0.29) is 105 Å². The Balaban J connectivity index is 0.733. The Morgan fingerprint density at radius 1 is 0.589 bits per heavy atom. The molecule has 7 aliphatic rings. The minimum Gasteiger partial charge on any atom is -0.475 e. The summed E-state index contributed by atoms with van der Waals surface area (Å²) in [7, 11) is 0. The van der Waals surface area contributed by atoms with Crippen LogP contribution in [0.15, 0.2) is 92.2 Å². The molecule has 1 aliphatic carbocycles. The maximum absolute atomic E-state index is 16.1. The van der Waals surface area contributed by atoms with Crippen LogP contribution in [-0.2, 0) is 14.2 Å². The van der Waals surface area contributed by atoms with Gasteiger partial charge in [-0.3, -0.25) is 14.4 Å². The molecule has 8 unspecified atom stereocenters. The number of nitrogens with one attached hydrogen (secondary N) is 3. The number of rotatable bonds is 4. The van der Waals surface area contributed by atoms with Gasteiger partial charge in [0, 0.05) is 67.8 Å². The van der Waals surface area contributed by atoms with Crippen molar-refractivity contribution >= 4 is 52.1 Å². The van der Waals surface area contributed by atoms with Crippen molar-refractivity contribution in [3.8, 4) is 17.6 Å². The van der Waals surface area contributed by atoms with Gasteiger partial charge in [-0.25, -0.2) is 56.6 Å². The van der Waals surface area contributed by atoms with Gasteiger partial charge in [0.1, 0.15) is 70.4 Å². The second-order valence-electron chi connectivity index (χ2n) is 23.6. The molecule has 16 rings (SSSR count). The van der Waals surface area contributed by atoms with Gasteiger partial charge in [0.2, 0.25) is 17.6 Å². The molecule has 9 aromatic rings. The summed E-state index contributed by atoms with van der Waals surface area (Å²) in [4.78, 5) is 77.0. The van der Waals surface area contributed by atoms with Crippen molar-refractivity contribution in [2.24, 2.45) is 0 Å². The normalized spacial score (nSPS) is 24.9. The van der Waals surface area contributed by atoms with Crippen molar-refractivity contribution in [1.82, 2.24) is 74.7 Å². The molecule has 4 fully saturated rings. The molecule has 6 bridgehead atoms. The van der Waals surface area contributed by atoms with Crippen molar-refractivity contribution in [1.29, 1.82) is 0 Å². The van der Waals surface area contributed by atoms with E-state index in [1.54, 1.807) is 36.8 Å². The van der Waals surface area contributed by atoms with Crippen LogP contribution >= 0.6 is 0 Å². The van der Waals surface area contributed by atoms with E-state index in [0.29, 0.717) is 77.9 Å². The van der Waals surface area contributed by atoms with E-state index in [4.69, 9.17) is 43.4 Å². The van der Waals surface area contributed by atoms with Crippen LogP contribution < -0.4 is 44.9 Å². The van der Waals surface area contributed by atoms with Gasteiger partial charge in [-0.1, -0.05) is 0 Å². The molecule has 0 aromatic carbocycles. The van der Waals surface area contributed by atoms with Gasteiger partial charge in [-0.15, -0.1) is 0 Å². The lowest BCUT2D eigenvalue weighted by atomic mass is 9.96. The lowest BCUT2D eigenvalue weighted by Crippen LogP contribution is -2.54. The van der Waals surface area contributed by atoms with Crippen LogP contribution in [0.5, 0.6) is 17.6 Å². The quantitative estimate of drug-likeness (QED) is 0.219. The first kappa shape index (κ1) is 55.5. The molecule has 1 spiro atoms. The summed E-state index contributed by atoms with van der Waals surface area (Å²) in [6.45, 7) is 2.98. The first-order valence-electron chi connectivity index (χ1n) is 29.8. The Morgan fingerprint density at radius 3 is 1.76 bits per heavy atom. The van der Waals surface area contributed by atoms with Crippen LogP contribution in [-0.4, -0.2) is 172 Å². The highest BCUT2D eigenvalue weighted by Gasteiger charge is 2.47. The Morgan fingerprint density at radius 2 is 1.13 bits per heavy atom. The number of ether oxygens (including phenoxy) is 6. The molecular weight excluding hydrogens is 1170 g/mol. The summed E-state index contributed by atoms with van der Waals surface area (Å²) in [6.07, 6.45) is 11.4. The Hall–Kier alpha value is -9.81. The number of carbonyl (C=O) groups is 3. The topological polar surface area (TPSA) is 282 Å². The number of nitrogens with zero attached hydrogens (tertiary/aromatic N) is 15. The van der Waals surface area contributed by atoms with Crippen molar-refractivity contribution in [2.75, 3.05) is 73.9 Å². The molecular formula is C60H57F3N18O9. The first-order chi connectivity index (χ1) is 43.9. The zero-order valence-electron chi connectivity index (χ0n) is 48.2. The van der Waals surface area contributed by atoms with Gasteiger partial charge in [-0.05, 0) is 62.6 Å². The molecule has 462 valence electrons. The molecule has 15 heterocycles. The third-order valence-electron chi connectivity index (χ3n) is 18.0. The SMILES string of the molecule is CC1C(CC2CNC(=O)c3cnn4ccc(nc34)N3CCOCC3c3cc(F)cnc3O2)OCC2c3cc(F)cnc3OC(CC3CN4c5ccn6ncc(c6n5)C(=O)NC5(CC5)COc5ncc(F)cc5C4CCO3)CNC(=O)c3cnn4ccc(nc34)N21. The largest absolute Gasteiger partial charge is 0.475 e. The second kappa shape index (κ2) is 22.0. The molecule has 6 aliphatic heterocycles. The average molecular weight is 1230 g/mol. The summed E-state index contributed by atoms with van der Waals surface area (Å²) >= 11 is 0. The zero-order chi connectivity index (χ0) is 60.9. The summed E-state index contributed by atoms with van der Waals surface area (Å²) in [6, 6.07) is 6.73. The van der Waals surface area contributed by atoms with Gasteiger partial charge in [-0.2, -0.15) is 15.3 Å². The molecule has 0 radical (unpaired) electrons. The fraction of sp³-hybridized carbons (Fsp3) is 0.400. The number of carbonyl (C=O) groups excluding carboxylic acids is 3.